The maximum atomic E-state index is 11.8. The van der Waals surface area contributed by atoms with Gasteiger partial charge >= 0.3 is 6.09 Å². The highest BCUT2D eigenvalue weighted by Crippen LogP contribution is 2.34. The molecule has 0 spiro atoms. The van der Waals surface area contributed by atoms with Crippen molar-refractivity contribution in [1.29, 1.82) is 0 Å². The molecule has 100 valence electrons. The molecule has 3 rings (SSSR count). The predicted octanol–water partition coefficient (Wildman–Crippen LogP) is 2.21. The van der Waals surface area contributed by atoms with E-state index >= 15 is 0 Å². The molecule has 1 amide bonds. The number of para-hydroxylation sites is 1. The Hall–Kier alpha value is -1.38. The molecule has 2 atom stereocenters. The van der Waals surface area contributed by atoms with Crippen molar-refractivity contribution in [1.82, 2.24) is 19.9 Å². The highest BCUT2D eigenvalue weighted by atomic mass is 127. The number of aromatic nitrogens is 3. The van der Waals surface area contributed by atoms with Crippen LogP contribution in [0, 0.1) is 0 Å². The zero-order chi connectivity index (χ0) is 13.4. The van der Waals surface area contributed by atoms with Crippen LogP contribution in [0.15, 0.2) is 24.3 Å². The maximum absolute atomic E-state index is 11.8. The molecule has 7 heteroatoms. The molecular weight excluding hydrogens is 359 g/mol. The zero-order valence-electron chi connectivity index (χ0n) is 10.4. The fraction of sp³-hybridized carbons (Fsp3) is 0.417. The molecule has 0 unspecified atom stereocenters. The minimum Gasteiger partial charge on any atom is -0.453 e. The van der Waals surface area contributed by atoms with E-state index in [0.29, 0.717) is 10.5 Å². The van der Waals surface area contributed by atoms with E-state index in [0.717, 1.165) is 17.5 Å². The molecule has 1 saturated heterocycles. The summed E-state index contributed by atoms with van der Waals surface area (Å²) in [5.41, 5.74) is 1.77. The van der Waals surface area contributed by atoms with Crippen molar-refractivity contribution < 1.29 is 9.53 Å². The SMILES string of the molecule is COC(=O)N1CC[C@@H](I)[C@@H]1n1nnc2ccccc21. The number of hydrogen-bond donors (Lipinski definition) is 0. The van der Waals surface area contributed by atoms with Crippen LogP contribution in [0.1, 0.15) is 12.6 Å². The van der Waals surface area contributed by atoms with E-state index in [9.17, 15) is 4.79 Å². The van der Waals surface area contributed by atoms with Crippen molar-refractivity contribution in [3.63, 3.8) is 0 Å². The van der Waals surface area contributed by atoms with Crippen molar-refractivity contribution in [2.75, 3.05) is 13.7 Å². The number of alkyl halides is 1. The van der Waals surface area contributed by atoms with Gasteiger partial charge in [0.2, 0.25) is 0 Å². The van der Waals surface area contributed by atoms with E-state index in [-0.39, 0.29) is 12.3 Å². The van der Waals surface area contributed by atoms with Gasteiger partial charge in [0.15, 0.2) is 0 Å². The van der Waals surface area contributed by atoms with Crippen LogP contribution < -0.4 is 0 Å². The lowest BCUT2D eigenvalue weighted by molar-refractivity contribution is 0.103. The number of rotatable bonds is 1. The molecule has 1 aromatic carbocycles. The van der Waals surface area contributed by atoms with Gasteiger partial charge in [-0.15, -0.1) is 5.10 Å². The second-order valence-corrected chi connectivity index (χ2v) is 6.00. The first-order chi connectivity index (χ1) is 9.22. The van der Waals surface area contributed by atoms with Crippen LogP contribution in [0.3, 0.4) is 0 Å². The summed E-state index contributed by atoms with van der Waals surface area (Å²) >= 11 is 2.35. The van der Waals surface area contributed by atoms with E-state index in [2.05, 4.69) is 32.9 Å². The molecule has 0 saturated carbocycles. The van der Waals surface area contributed by atoms with Crippen molar-refractivity contribution in [3.8, 4) is 0 Å². The van der Waals surface area contributed by atoms with Gasteiger partial charge in [0.1, 0.15) is 11.7 Å². The molecule has 2 heterocycles. The van der Waals surface area contributed by atoms with Crippen molar-refractivity contribution in [2.45, 2.75) is 16.5 Å². The Balaban J connectivity index is 2.05. The minimum absolute atomic E-state index is 0.138. The summed E-state index contributed by atoms with van der Waals surface area (Å²) in [5.74, 6) is 0. The molecule has 2 aromatic rings. The van der Waals surface area contributed by atoms with Crippen LogP contribution >= 0.6 is 22.6 Å². The molecule has 1 aromatic heterocycles. The zero-order valence-corrected chi connectivity index (χ0v) is 12.5. The number of hydrogen-bond acceptors (Lipinski definition) is 4. The number of amides is 1. The molecule has 0 radical (unpaired) electrons. The Morgan fingerprint density at radius 2 is 2.26 bits per heavy atom. The lowest BCUT2D eigenvalue weighted by Crippen LogP contribution is -2.36. The third-order valence-corrected chi connectivity index (χ3v) is 4.59. The smallest absolute Gasteiger partial charge is 0.411 e. The number of benzene rings is 1. The number of carbonyl (C=O) groups excluding carboxylic acids is 1. The molecule has 1 aliphatic rings. The van der Waals surface area contributed by atoms with Crippen LogP contribution in [0.4, 0.5) is 4.79 Å². The molecule has 1 aliphatic heterocycles. The van der Waals surface area contributed by atoms with Crippen molar-refractivity contribution in [3.05, 3.63) is 24.3 Å². The van der Waals surface area contributed by atoms with E-state index in [1.165, 1.54) is 7.11 Å². The third-order valence-electron chi connectivity index (χ3n) is 3.33. The molecule has 0 aliphatic carbocycles. The van der Waals surface area contributed by atoms with E-state index in [1.54, 1.807) is 4.90 Å². The minimum atomic E-state index is -0.316. The molecule has 19 heavy (non-hydrogen) atoms. The lowest BCUT2D eigenvalue weighted by Gasteiger charge is -2.25. The van der Waals surface area contributed by atoms with E-state index < -0.39 is 0 Å². The first kappa shape index (κ1) is 12.6. The summed E-state index contributed by atoms with van der Waals surface area (Å²) in [6, 6.07) is 7.75. The summed E-state index contributed by atoms with van der Waals surface area (Å²) in [5, 5.41) is 8.36. The average molecular weight is 372 g/mol. The number of methoxy groups -OCH3 is 1. The summed E-state index contributed by atoms with van der Waals surface area (Å²) in [7, 11) is 1.40. The Morgan fingerprint density at radius 3 is 3.05 bits per heavy atom. The van der Waals surface area contributed by atoms with Gasteiger partial charge in [-0.3, -0.25) is 4.90 Å². The topological polar surface area (TPSA) is 60.2 Å². The van der Waals surface area contributed by atoms with E-state index in [4.69, 9.17) is 4.74 Å². The summed E-state index contributed by atoms with van der Waals surface area (Å²) in [6.07, 6.45) is 0.471. The van der Waals surface area contributed by atoms with Gasteiger partial charge in [0, 0.05) is 6.54 Å². The monoisotopic (exact) mass is 372 g/mol. The Labute approximate surface area is 123 Å². The van der Waals surface area contributed by atoms with Gasteiger partial charge in [0.25, 0.3) is 0 Å². The number of ether oxygens (including phenoxy) is 1. The Kier molecular flexibility index (Phi) is 3.29. The fourth-order valence-corrected chi connectivity index (χ4v) is 3.39. The summed E-state index contributed by atoms with van der Waals surface area (Å²) in [4.78, 5) is 13.5. The summed E-state index contributed by atoms with van der Waals surface area (Å²) in [6.45, 7) is 0.680. The quantitative estimate of drug-likeness (QED) is 0.569. The molecule has 6 nitrogen and oxygen atoms in total. The Bertz CT molecular complexity index is 615. The molecular formula is C12H13IN4O2. The number of nitrogens with zero attached hydrogens (tertiary/aromatic N) is 4. The van der Waals surface area contributed by atoms with Crippen molar-refractivity contribution >= 4 is 39.7 Å². The predicted molar refractivity (Wildman–Crippen MR) is 78.1 cm³/mol. The van der Waals surface area contributed by atoms with Gasteiger partial charge < -0.3 is 4.74 Å². The van der Waals surface area contributed by atoms with Gasteiger partial charge in [-0.2, -0.15) is 0 Å². The van der Waals surface area contributed by atoms with Crippen LogP contribution in [0.25, 0.3) is 11.0 Å². The second kappa shape index (κ2) is 4.95. The van der Waals surface area contributed by atoms with E-state index in [1.807, 2.05) is 28.9 Å². The van der Waals surface area contributed by atoms with Gasteiger partial charge in [-0.1, -0.05) is 39.9 Å². The molecule has 1 fully saturated rings. The first-order valence-electron chi connectivity index (χ1n) is 6.01. The van der Waals surface area contributed by atoms with Crippen LogP contribution in [-0.4, -0.2) is 43.6 Å². The summed E-state index contributed by atoms with van der Waals surface area (Å²) < 4.78 is 6.95. The second-order valence-electron chi connectivity index (χ2n) is 4.40. The lowest BCUT2D eigenvalue weighted by atomic mass is 10.3. The standard InChI is InChI=1S/C12H13IN4O2/c1-19-12(18)16-7-6-8(13)11(16)17-10-5-3-2-4-9(10)14-15-17/h2-5,8,11H,6-7H2,1H3/t8-,11+/m1/s1. The largest absolute Gasteiger partial charge is 0.453 e. The molecule has 0 N–H and O–H groups in total. The van der Waals surface area contributed by atoms with Gasteiger partial charge in [0.05, 0.1) is 16.6 Å². The van der Waals surface area contributed by atoms with Gasteiger partial charge in [-0.05, 0) is 18.6 Å². The van der Waals surface area contributed by atoms with Crippen LogP contribution in [0.2, 0.25) is 0 Å². The number of halogens is 1. The maximum Gasteiger partial charge on any atom is 0.411 e. The Morgan fingerprint density at radius 1 is 1.47 bits per heavy atom. The fourth-order valence-electron chi connectivity index (χ4n) is 2.42. The third kappa shape index (κ3) is 2.05. The number of fused-ring (bicyclic) bond motifs is 1. The van der Waals surface area contributed by atoms with Gasteiger partial charge in [-0.25, -0.2) is 9.48 Å². The first-order valence-corrected chi connectivity index (χ1v) is 7.25. The molecule has 0 bridgehead atoms. The van der Waals surface area contributed by atoms with Crippen LogP contribution in [0.5, 0.6) is 0 Å². The average Bonchev–Trinajstić information content (AvgIpc) is 3.01. The normalized spacial score (nSPS) is 22.9. The highest BCUT2D eigenvalue weighted by molar-refractivity contribution is 14.1. The number of carbonyl (C=O) groups is 1. The van der Waals surface area contributed by atoms with Crippen LogP contribution in [-0.2, 0) is 4.74 Å². The van der Waals surface area contributed by atoms with Crippen molar-refractivity contribution in [2.24, 2.45) is 0 Å². The number of likely N-dealkylation sites (tertiary alicyclic amines) is 1. The highest BCUT2D eigenvalue weighted by Gasteiger charge is 2.39.